The van der Waals surface area contributed by atoms with Crippen LogP contribution in [0.25, 0.3) is 0 Å². The van der Waals surface area contributed by atoms with Crippen LogP contribution in [0.2, 0.25) is 48.2 Å². The molecule has 5 heteroatoms. The molecule has 0 amide bonds. The van der Waals surface area contributed by atoms with Gasteiger partial charge in [0.1, 0.15) is 0 Å². The Hall–Kier alpha value is -0.801. The van der Waals surface area contributed by atoms with Crippen LogP contribution in [0.5, 0.6) is 0 Å². The molecular formula is C16H18FeO4. The van der Waals surface area contributed by atoms with Gasteiger partial charge in [-0.05, 0) is 0 Å². The van der Waals surface area contributed by atoms with Crippen molar-refractivity contribution in [3.63, 3.8) is 0 Å². The summed E-state index contributed by atoms with van der Waals surface area (Å²) >= 11 is 0. The second-order valence-corrected chi connectivity index (χ2v) is 34.9. The van der Waals surface area contributed by atoms with Crippen LogP contribution in [-0.2, 0) is 25.6 Å². The second kappa shape index (κ2) is 0.897. The van der Waals surface area contributed by atoms with E-state index in [0.29, 0.717) is 0 Å². The summed E-state index contributed by atoms with van der Waals surface area (Å²) in [5.41, 5.74) is 0. The minimum atomic E-state index is -2.28. The quantitative estimate of drug-likeness (QED) is 0.260. The van der Waals surface area contributed by atoms with Crippen molar-refractivity contribution in [1.82, 2.24) is 0 Å². The van der Waals surface area contributed by atoms with Gasteiger partial charge in [0.25, 0.3) is 6.47 Å². The van der Waals surface area contributed by atoms with E-state index in [-0.39, 0.29) is 6.47 Å². The second-order valence-electron chi connectivity index (χ2n) is 11.0. The number of hydrogen-bond acceptors (Lipinski definition) is 4. The van der Waals surface area contributed by atoms with Gasteiger partial charge in [-0.15, -0.1) is 0 Å². The molecule has 1 unspecified atom stereocenters. The molecule has 114 valence electrons. The number of fused-ring (bicyclic) bond motifs is 10. The molecule has 10 aliphatic rings. The van der Waals surface area contributed by atoms with Crippen molar-refractivity contribution in [1.29, 1.82) is 0 Å². The van der Waals surface area contributed by atoms with Crippen LogP contribution in [0.4, 0.5) is 0 Å². The van der Waals surface area contributed by atoms with E-state index in [2.05, 4.69) is 16.1 Å². The van der Waals surface area contributed by atoms with E-state index < -0.39 is 18.8 Å². The number of esters is 1. The number of rotatable bonds is 4. The Morgan fingerprint density at radius 1 is 1.00 bits per heavy atom. The van der Waals surface area contributed by atoms with Crippen molar-refractivity contribution in [3.8, 4) is 0 Å². The molecule has 0 aromatic rings. The Kier molecular flexibility index (Phi) is 0.400. The van der Waals surface area contributed by atoms with Crippen LogP contribution in [0.15, 0.2) is 12.7 Å². The average molecular weight is 330 g/mol. The third kappa shape index (κ3) is 0.131. The van der Waals surface area contributed by atoms with E-state index in [1.54, 1.807) is 48.2 Å². The van der Waals surface area contributed by atoms with Crippen LogP contribution >= 0.6 is 0 Å². The van der Waals surface area contributed by atoms with Crippen molar-refractivity contribution < 1.29 is 25.6 Å². The molecule has 10 rings (SSSR count). The molecule has 0 aliphatic carbocycles. The molecule has 0 aromatic carbocycles. The van der Waals surface area contributed by atoms with Crippen molar-refractivity contribution in [2.45, 2.75) is 61.4 Å². The van der Waals surface area contributed by atoms with Gasteiger partial charge in [0, 0.05) is 13.0 Å². The topological polar surface area (TPSA) is 52.6 Å². The molecular weight excluding hydrogens is 312 g/mol. The molecule has 1 atom stereocenters. The van der Waals surface area contributed by atoms with Gasteiger partial charge in [-0.2, -0.15) is 0 Å². The van der Waals surface area contributed by atoms with Gasteiger partial charge in [0.05, 0.1) is 0 Å². The van der Waals surface area contributed by atoms with Crippen LogP contribution in [0, 0.1) is 0 Å². The first-order valence-electron chi connectivity index (χ1n) is 8.00. The molecule has 10 fully saturated rings. The fraction of sp³-hybridized carbons (Fsp3) is 0.750. The molecule has 21 heavy (non-hydrogen) atoms. The standard InChI is InChI=1S/C6H8O4.2C5H5.Fe/c1-3-6(8)10-5(2)9-4-7;2*1-2-4-5-3-1;/h3-5H,1H2,2H3;2*1-5H;. The van der Waals surface area contributed by atoms with Crippen LogP contribution in [0.1, 0.15) is 6.92 Å². The van der Waals surface area contributed by atoms with Gasteiger partial charge in [-0.25, -0.2) is 4.79 Å². The Bertz CT molecular complexity index is 846. The third-order valence-electron chi connectivity index (χ3n) is 15.2. The Morgan fingerprint density at radius 3 is 1.57 bits per heavy atom. The van der Waals surface area contributed by atoms with Gasteiger partial charge in [-0.1, -0.05) is 6.58 Å². The molecule has 10 heterocycles. The summed E-state index contributed by atoms with van der Waals surface area (Å²) in [7, 11) is 0. The van der Waals surface area contributed by atoms with Crippen molar-refractivity contribution in [2.75, 3.05) is 0 Å². The molecule has 0 aromatic heterocycles. The Balaban J connectivity index is 0.0000000817. The van der Waals surface area contributed by atoms with Crippen LogP contribution in [0.3, 0.4) is 0 Å². The van der Waals surface area contributed by atoms with Gasteiger partial charge in [-0.3, -0.25) is 4.79 Å². The van der Waals surface area contributed by atoms with E-state index in [4.69, 9.17) is 0 Å². The zero-order chi connectivity index (χ0) is 14.1. The summed E-state index contributed by atoms with van der Waals surface area (Å²) in [5.74, 6) is -0.616. The first-order chi connectivity index (χ1) is 9.86. The number of carbonyl (C=O) groups excluding carboxylic acids is 2. The SMILES string of the molecule is C=CC(=O)OC(C)OC=O.[CH]12[CH]3[CH]4[CH]5[CH]1[Fe]23451678[CH]2[CH]1[CH]6[CH]7[CH]28. The molecule has 0 radical (unpaired) electrons. The van der Waals surface area contributed by atoms with E-state index in [0.717, 1.165) is 6.08 Å². The summed E-state index contributed by atoms with van der Waals surface area (Å²) in [4.78, 5) is 35.9. The summed E-state index contributed by atoms with van der Waals surface area (Å²) in [6.07, 6.45) is 0.146. The predicted molar refractivity (Wildman–Crippen MR) is 70.4 cm³/mol. The first kappa shape index (κ1) is 9.36. The zero-order valence-electron chi connectivity index (χ0n) is 11.7. The monoisotopic (exact) mass is 330 g/mol. The van der Waals surface area contributed by atoms with Gasteiger partial charge < -0.3 is 9.47 Å². The van der Waals surface area contributed by atoms with Crippen LogP contribution in [-0.4, -0.2) is 18.7 Å². The van der Waals surface area contributed by atoms with Gasteiger partial charge in [0.15, 0.2) is 0 Å². The summed E-state index contributed by atoms with van der Waals surface area (Å²) in [6.45, 7) is 2.51. The molecule has 10 aliphatic heterocycles. The predicted octanol–water partition coefficient (Wildman–Crippen LogP) is 3.61. The van der Waals surface area contributed by atoms with Crippen molar-refractivity contribution in [2.24, 2.45) is 0 Å². The summed E-state index contributed by atoms with van der Waals surface area (Å²) in [5, 5.41) is 0. The minimum absolute atomic E-state index is 0.209. The van der Waals surface area contributed by atoms with E-state index in [9.17, 15) is 9.59 Å². The fourth-order valence-corrected chi connectivity index (χ4v) is 88.3. The Morgan fingerprint density at radius 2 is 1.38 bits per heavy atom. The summed E-state index contributed by atoms with van der Waals surface area (Å²) in [6, 6.07) is 0. The van der Waals surface area contributed by atoms with E-state index in [1.807, 2.05) is 0 Å². The number of ether oxygens (including phenoxy) is 2. The average Bonchev–Trinajstić information content (AvgIpc) is 3.39. The Labute approximate surface area is 112 Å². The third-order valence-corrected chi connectivity index (χ3v) is 57.2. The molecule has 0 bridgehead atoms. The first-order valence-corrected chi connectivity index (χ1v) is 14.4. The number of carbonyl (C=O) groups is 2. The van der Waals surface area contributed by atoms with E-state index >= 15 is 0 Å². The molecule has 0 saturated carbocycles. The number of hydrogen-bond donors (Lipinski definition) is 0. The molecule has 10 saturated heterocycles. The van der Waals surface area contributed by atoms with Gasteiger partial charge in [0.2, 0.25) is 6.29 Å². The van der Waals surface area contributed by atoms with Gasteiger partial charge >= 0.3 is 60.6 Å². The maximum atomic E-state index is 10.4. The zero-order valence-corrected chi connectivity index (χ0v) is 12.8. The van der Waals surface area contributed by atoms with Crippen molar-refractivity contribution in [3.05, 3.63) is 12.7 Å². The molecule has 0 N–H and O–H groups in total. The molecule has 4 nitrogen and oxygen atoms in total. The summed E-state index contributed by atoms with van der Waals surface area (Å²) < 4.78 is 8.67. The van der Waals surface area contributed by atoms with E-state index in [1.165, 1.54) is 6.92 Å². The fourth-order valence-electron chi connectivity index (χ4n) is 16.1. The molecule has 1 spiro atoms. The van der Waals surface area contributed by atoms with Crippen molar-refractivity contribution >= 4 is 12.4 Å². The maximum absolute atomic E-state index is 10.4. The normalized spacial score (nSPS) is 94.9. The van der Waals surface area contributed by atoms with Crippen LogP contribution < -0.4 is 0 Å².